The average molecular weight is 194 g/mol. The monoisotopic (exact) mass is 194 g/mol. The van der Waals surface area contributed by atoms with Crippen LogP contribution >= 0.6 is 11.6 Å². The quantitative estimate of drug-likeness (QED) is 0.728. The van der Waals surface area contributed by atoms with Crippen molar-refractivity contribution in [1.82, 2.24) is 4.98 Å². The van der Waals surface area contributed by atoms with Crippen LogP contribution in [0.15, 0.2) is 18.3 Å². The molecule has 1 aromatic heterocycles. The Morgan fingerprint density at radius 3 is 2.85 bits per heavy atom. The lowest BCUT2D eigenvalue weighted by molar-refractivity contribution is -0.115. The number of halogens is 1. The van der Waals surface area contributed by atoms with Gasteiger partial charge in [-0.3, -0.25) is 4.79 Å². The number of nitrogens with zero attached hydrogens (tertiary/aromatic N) is 1. The van der Waals surface area contributed by atoms with Gasteiger partial charge in [-0.2, -0.15) is 0 Å². The van der Waals surface area contributed by atoms with Crippen molar-refractivity contribution in [2.45, 2.75) is 12.7 Å². The molecule has 1 atom stereocenters. The number of nitrogens with one attached hydrogen (secondary N) is 1. The number of carbonyl (C=O) groups excluding carboxylic acids is 1. The van der Waals surface area contributed by atoms with E-state index in [0.29, 0.717) is 10.8 Å². The molecule has 1 heterocycles. The summed E-state index contributed by atoms with van der Waals surface area (Å²) in [6, 6.07) is 3.26. The number of carbonyl (C=O) groups is 1. The largest absolute Gasteiger partial charge is 0.311 e. The first-order valence-electron chi connectivity index (χ1n) is 3.77. The topological polar surface area (TPSA) is 42.0 Å². The van der Waals surface area contributed by atoms with E-state index in [9.17, 15) is 4.79 Å². The van der Waals surface area contributed by atoms with Crippen molar-refractivity contribution in [1.29, 1.82) is 0 Å². The minimum atomic E-state index is -0.544. The van der Waals surface area contributed by atoms with Gasteiger partial charge in [-0.15, -0.1) is 0 Å². The van der Waals surface area contributed by atoms with Gasteiger partial charge in [0.2, 0.25) is 5.91 Å². The maximum Gasteiger partial charge on any atom is 0.219 e. The smallest absolute Gasteiger partial charge is 0.219 e. The molecular formula is C8H8BClN2O. The van der Waals surface area contributed by atoms with E-state index < -0.39 is 5.82 Å². The highest BCUT2D eigenvalue weighted by Crippen LogP contribution is 2.10. The molecule has 1 unspecified atom stereocenters. The van der Waals surface area contributed by atoms with Crippen molar-refractivity contribution in [3.05, 3.63) is 23.4 Å². The molecular weight excluding hydrogens is 186 g/mol. The van der Waals surface area contributed by atoms with E-state index in [1.54, 1.807) is 19.1 Å². The normalized spacial score (nSPS) is 12.2. The van der Waals surface area contributed by atoms with Crippen LogP contribution in [-0.2, 0) is 4.79 Å². The molecule has 3 nitrogen and oxygen atoms in total. The molecule has 0 fully saturated rings. The second kappa shape index (κ2) is 4.28. The predicted molar refractivity (Wildman–Crippen MR) is 53.1 cm³/mol. The maximum absolute atomic E-state index is 11.1. The lowest BCUT2D eigenvalue weighted by atomic mass is 9.89. The highest BCUT2D eigenvalue weighted by molar-refractivity contribution is 6.30. The van der Waals surface area contributed by atoms with Gasteiger partial charge in [0.15, 0.2) is 0 Å². The second-order valence-electron chi connectivity index (χ2n) is 2.64. The molecule has 0 saturated heterocycles. The van der Waals surface area contributed by atoms with Gasteiger partial charge in [0, 0.05) is 6.20 Å². The molecule has 0 aliphatic carbocycles. The van der Waals surface area contributed by atoms with Gasteiger partial charge in [-0.05, 0) is 17.9 Å². The van der Waals surface area contributed by atoms with E-state index in [1.165, 1.54) is 6.20 Å². The molecule has 5 heteroatoms. The number of hydrogen-bond acceptors (Lipinski definition) is 2. The van der Waals surface area contributed by atoms with Gasteiger partial charge in [0.25, 0.3) is 0 Å². The van der Waals surface area contributed by atoms with Crippen LogP contribution in [0.3, 0.4) is 0 Å². The summed E-state index contributed by atoms with van der Waals surface area (Å²) in [5.74, 6) is -0.362. The highest BCUT2D eigenvalue weighted by Gasteiger charge is 2.06. The summed E-state index contributed by atoms with van der Waals surface area (Å²) in [4.78, 5) is 15.0. The van der Waals surface area contributed by atoms with Crippen LogP contribution in [-0.4, -0.2) is 18.7 Å². The third kappa shape index (κ3) is 3.07. The molecule has 2 radical (unpaired) electrons. The van der Waals surface area contributed by atoms with Crippen molar-refractivity contribution in [2.24, 2.45) is 0 Å². The van der Waals surface area contributed by atoms with Crippen LogP contribution in [0.1, 0.15) is 6.92 Å². The zero-order valence-corrected chi connectivity index (χ0v) is 7.88. The zero-order chi connectivity index (χ0) is 9.84. The summed E-state index contributed by atoms with van der Waals surface area (Å²) in [5, 5.41) is 3.06. The standard InChI is InChI=1S/C8H8BClN2O/c1-5(9)8(13)12-7-3-2-6(10)4-11-7/h2-5H,1H3,(H,11,12,13). The highest BCUT2D eigenvalue weighted by atomic mass is 35.5. The Balaban J connectivity index is 2.65. The Morgan fingerprint density at radius 2 is 2.38 bits per heavy atom. The van der Waals surface area contributed by atoms with E-state index >= 15 is 0 Å². The number of anilines is 1. The van der Waals surface area contributed by atoms with Crippen molar-refractivity contribution < 1.29 is 4.79 Å². The van der Waals surface area contributed by atoms with Crippen molar-refractivity contribution in [3.63, 3.8) is 0 Å². The summed E-state index contributed by atoms with van der Waals surface area (Å²) in [7, 11) is 5.35. The Kier molecular flexibility index (Phi) is 3.31. The number of amides is 1. The van der Waals surface area contributed by atoms with Gasteiger partial charge < -0.3 is 5.32 Å². The van der Waals surface area contributed by atoms with E-state index in [2.05, 4.69) is 10.3 Å². The fourth-order valence-corrected chi connectivity index (χ4v) is 0.802. The first-order valence-corrected chi connectivity index (χ1v) is 4.15. The lowest BCUT2D eigenvalue weighted by Crippen LogP contribution is -2.16. The fraction of sp³-hybridized carbons (Fsp3) is 0.250. The Bertz CT molecular complexity index is 300. The second-order valence-corrected chi connectivity index (χ2v) is 3.08. The molecule has 1 N–H and O–H groups in total. The van der Waals surface area contributed by atoms with Crippen LogP contribution in [0.2, 0.25) is 10.8 Å². The summed E-state index contributed by atoms with van der Waals surface area (Å²) in [5.41, 5.74) is 0. The van der Waals surface area contributed by atoms with Crippen LogP contribution in [0.25, 0.3) is 0 Å². The van der Waals surface area contributed by atoms with Crippen molar-refractivity contribution in [3.8, 4) is 0 Å². The Morgan fingerprint density at radius 1 is 1.69 bits per heavy atom. The molecule has 0 spiro atoms. The summed E-state index contributed by atoms with van der Waals surface area (Å²) < 4.78 is 0. The van der Waals surface area contributed by atoms with Crippen LogP contribution in [0.5, 0.6) is 0 Å². The maximum atomic E-state index is 11.1. The van der Waals surface area contributed by atoms with Crippen molar-refractivity contribution in [2.75, 3.05) is 5.32 Å². The summed E-state index contributed by atoms with van der Waals surface area (Å²) in [6.07, 6.45) is 1.46. The van der Waals surface area contributed by atoms with Gasteiger partial charge in [-0.25, -0.2) is 4.98 Å². The minimum absolute atomic E-state index is 0.269. The van der Waals surface area contributed by atoms with Crippen LogP contribution in [0, 0.1) is 0 Å². The van der Waals surface area contributed by atoms with Gasteiger partial charge in [-0.1, -0.05) is 18.5 Å². The van der Waals surface area contributed by atoms with Crippen molar-refractivity contribution >= 4 is 31.2 Å². The predicted octanol–water partition coefficient (Wildman–Crippen LogP) is 1.65. The van der Waals surface area contributed by atoms with Gasteiger partial charge in [0.05, 0.1) is 12.9 Å². The summed E-state index contributed by atoms with van der Waals surface area (Å²) in [6.45, 7) is 1.60. The lowest BCUT2D eigenvalue weighted by Gasteiger charge is -2.06. The average Bonchev–Trinajstić information content (AvgIpc) is 2.08. The molecule has 0 bridgehead atoms. The van der Waals surface area contributed by atoms with Gasteiger partial charge in [0.1, 0.15) is 5.82 Å². The fourth-order valence-electron chi connectivity index (χ4n) is 0.690. The summed E-state index contributed by atoms with van der Waals surface area (Å²) >= 11 is 5.61. The first-order chi connectivity index (χ1) is 6.09. The van der Waals surface area contributed by atoms with Crippen LogP contribution < -0.4 is 5.32 Å². The molecule has 0 aliphatic heterocycles. The SMILES string of the molecule is [B]C(C)C(=O)Nc1ccc(Cl)cn1. The Labute approximate surface area is 82.9 Å². The molecule has 0 aromatic carbocycles. The molecule has 1 rings (SSSR count). The molecule has 13 heavy (non-hydrogen) atoms. The third-order valence-electron chi connectivity index (χ3n) is 1.39. The molecule has 66 valence electrons. The number of hydrogen-bond donors (Lipinski definition) is 1. The van der Waals surface area contributed by atoms with E-state index in [1.807, 2.05) is 0 Å². The zero-order valence-electron chi connectivity index (χ0n) is 7.12. The molecule has 1 aromatic rings. The van der Waals surface area contributed by atoms with E-state index in [0.717, 1.165) is 0 Å². The third-order valence-corrected chi connectivity index (χ3v) is 1.62. The molecule has 0 aliphatic rings. The first kappa shape index (κ1) is 10.1. The van der Waals surface area contributed by atoms with E-state index in [4.69, 9.17) is 19.4 Å². The number of pyridine rings is 1. The number of aromatic nitrogens is 1. The van der Waals surface area contributed by atoms with Gasteiger partial charge >= 0.3 is 0 Å². The molecule has 0 saturated carbocycles. The van der Waals surface area contributed by atoms with E-state index in [-0.39, 0.29) is 5.91 Å². The Hall–Kier alpha value is -1.03. The van der Waals surface area contributed by atoms with Crippen LogP contribution in [0.4, 0.5) is 5.82 Å². The molecule has 1 amide bonds. The number of rotatable bonds is 2. The minimum Gasteiger partial charge on any atom is -0.311 e.